The zero-order valence-electron chi connectivity index (χ0n) is 14.7. The lowest BCUT2D eigenvalue weighted by atomic mass is 10.2. The van der Waals surface area contributed by atoms with Gasteiger partial charge in [0.25, 0.3) is 5.69 Å². The molecule has 152 valence electrons. The normalized spacial score (nSPS) is 10.7. The molecule has 0 radical (unpaired) electrons. The van der Waals surface area contributed by atoms with E-state index in [0.29, 0.717) is 52.7 Å². The van der Waals surface area contributed by atoms with Crippen LogP contribution in [0.1, 0.15) is 0 Å². The Morgan fingerprint density at radius 1 is 0.889 bits per heavy atom. The Balaban J connectivity index is 2.11. The van der Waals surface area contributed by atoms with E-state index in [1.54, 1.807) is 0 Å². The molecule has 0 fully saturated rings. The van der Waals surface area contributed by atoms with Crippen molar-refractivity contribution in [3.63, 3.8) is 0 Å². The van der Waals surface area contributed by atoms with Gasteiger partial charge in [-0.3, -0.25) is 31.5 Å². The Bertz CT molecular complexity index is 589. The molecule has 0 atom stereocenters. The number of hydrogen-bond donors (Lipinski definition) is 4. The van der Waals surface area contributed by atoms with Gasteiger partial charge in [0.05, 0.1) is 55.6 Å². The second-order valence-corrected chi connectivity index (χ2v) is 5.06. The standard InChI is InChI=1S/C14H24N6O7/c15-16-3-5-25-7-9-27-10-8-26-6-4-17-18-13-2-1-12(19(21)22)11-14(13)20(23)24/h1-2,11,16-18H,3-10,15H2. The molecule has 13 heteroatoms. The predicted molar refractivity (Wildman–Crippen MR) is 96.0 cm³/mol. The van der Waals surface area contributed by atoms with Crippen LogP contribution in [0.5, 0.6) is 0 Å². The van der Waals surface area contributed by atoms with Gasteiger partial charge in [0.15, 0.2) is 0 Å². The number of nitrogens with one attached hydrogen (secondary N) is 3. The van der Waals surface area contributed by atoms with Crippen molar-refractivity contribution >= 4 is 17.1 Å². The summed E-state index contributed by atoms with van der Waals surface area (Å²) in [5, 5.41) is 21.7. The number of ether oxygens (including phenoxy) is 3. The summed E-state index contributed by atoms with van der Waals surface area (Å²) in [5.41, 5.74) is 7.24. The summed E-state index contributed by atoms with van der Waals surface area (Å²) in [6.45, 7) is 3.54. The number of benzene rings is 1. The highest BCUT2D eigenvalue weighted by Gasteiger charge is 2.19. The van der Waals surface area contributed by atoms with Crippen molar-refractivity contribution in [2.75, 3.05) is 58.2 Å². The Morgan fingerprint density at radius 3 is 2.04 bits per heavy atom. The molecule has 0 aliphatic rings. The predicted octanol–water partition coefficient (Wildman–Crippen LogP) is -0.0674. The summed E-state index contributed by atoms with van der Waals surface area (Å²) < 4.78 is 15.8. The number of nitro benzene ring substituents is 2. The third-order valence-electron chi connectivity index (χ3n) is 3.12. The first-order valence-electron chi connectivity index (χ1n) is 8.14. The van der Waals surface area contributed by atoms with Gasteiger partial charge in [0, 0.05) is 19.2 Å². The molecule has 0 spiro atoms. The average molecular weight is 388 g/mol. The molecule has 0 aromatic heterocycles. The van der Waals surface area contributed by atoms with Crippen LogP contribution >= 0.6 is 0 Å². The number of nitrogens with two attached hydrogens (primary N) is 1. The minimum atomic E-state index is -0.693. The number of hydrazine groups is 2. The van der Waals surface area contributed by atoms with Crippen molar-refractivity contribution in [3.05, 3.63) is 38.4 Å². The van der Waals surface area contributed by atoms with E-state index in [1.165, 1.54) is 12.1 Å². The molecule has 5 N–H and O–H groups in total. The van der Waals surface area contributed by atoms with Crippen LogP contribution in [0.15, 0.2) is 18.2 Å². The highest BCUT2D eigenvalue weighted by molar-refractivity contribution is 5.64. The maximum atomic E-state index is 11.0. The topological polar surface area (TPSA) is 176 Å². The Labute approximate surface area is 155 Å². The molecule has 1 aromatic carbocycles. The van der Waals surface area contributed by atoms with E-state index in [1.807, 2.05) is 0 Å². The van der Waals surface area contributed by atoms with Gasteiger partial charge < -0.3 is 19.6 Å². The van der Waals surface area contributed by atoms with Crippen LogP contribution in [0.3, 0.4) is 0 Å². The lowest BCUT2D eigenvalue weighted by molar-refractivity contribution is -0.393. The lowest BCUT2D eigenvalue weighted by Gasteiger charge is -2.09. The summed E-state index contributed by atoms with van der Waals surface area (Å²) in [7, 11) is 0. The highest BCUT2D eigenvalue weighted by Crippen LogP contribution is 2.28. The van der Waals surface area contributed by atoms with Gasteiger partial charge in [0.2, 0.25) is 0 Å². The fourth-order valence-electron chi connectivity index (χ4n) is 1.84. The van der Waals surface area contributed by atoms with Gasteiger partial charge in [-0.25, -0.2) is 5.43 Å². The van der Waals surface area contributed by atoms with Gasteiger partial charge in [-0.05, 0) is 6.07 Å². The first-order valence-corrected chi connectivity index (χ1v) is 8.14. The number of hydrogen-bond acceptors (Lipinski definition) is 11. The Hall–Kier alpha value is -2.42. The highest BCUT2D eigenvalue weighted by atomic mass is 16.6. The van der Waals surface area contributed by atoms with Gasteiger partial charge in [0.1, 0.15) is 5.69 Å². The quantitative estimate of drug-likeness (QED) is 0.129. The molecule has 0 saturated carbocycles. The average Bonchev–Trinajstić information content (AvgIpc) is 2.65. The van der Waals surface area contributed by atoms with Crippen LogP contribution in [-0.2, 0) is 14.2 Å². The first-order chi connectivity index (χ1) is 13.1. The van der Waals surface area contributed by atoms with E-state index < -0.39 is 15.5 Å². The number of anilines is 1. The number of nitrogens with zero attached hydrogens (tertiary/aromatic N) is 2. The summed E-state index contributed by atoms with van der Waals surface area (Å²) in [6, 6.07) is 3.35. The van der Waals surface area contributed by atoms with Gasteiger partial charge >= 0.3 is 5.69 Å². The zero-order valence-corrected chi connectivity index (χ0v) is 14.7. The van der Waals surface area contributed by atoms with Crippen molar-refractivity contribution in [3.8, 4) is 0 Å². The second kappa shape index (κ2) is 13.7. The summed E-state index contributed by atoms with van der Waals surface area (Å²) in [4.78, 5) is 20.3. The molecular formula is C14H24N6O7. The van der Waals surface area contributed by atoms with E-state index in [2.05, 4.69) is 16.3 Å². The molecule has 1 rings (SSSR count). The van der Waals surface area contributed by atoms with Gasteiger partial charge in [-0.1, -0.05) is 0 Å². The van der Waals surface area contributed by atoms with E-state index >= 15 is 0 Å². The van der Waals surface area contributed by atoms with Gasteiger partial charge in [-0.15, -0.1) is 0 Å². The Morgan fingerprint density at radius 2 is 1.48 bits per heavy atom. The summed E-state index contributed by atoms with van der Waals surface area (Å²) in [5.74, 6) is 5.09. The van der Waals surface area contributed by atoms with Crippen molar-refractivity contribution in [1.29, 1.82) is 0 Å². The smallest absolute Gasteiger partial charge is 0.300 e. The first kappa shape index (κ1) is 22.6. The second-order valence-electron chi connectivity index (χ2n) is 5.06. The number of non-ortho nitro benzene ring substituents is 1. The molecule has 27 heavy (non-hydrogen) atoms. The molecule has 0 aliphatic carbocycles. The van der Waals surface area contributed by atoms with E-state index in [4.69, 9.17) is 20.1 Å². The van der Waals surface area contributed by atoms with Crippen molar-refractivity contribution in [2.24, 2.45) is 5.84 Å². The van der Waals surface area contributed by atoms with Crippen molar-refractivity contribution in [2.45, 2.75) is 0 Å². The number of rotatable bonds is 16. The molecule has 0 aliphatic heterocycles. The minimum absolute atomic E-state index is 0.124. The monoisotopic (exact) mass is 388 g/mol. The molecule has 0 amide bonds. The molecule has 0 heterocycles. The fraction of sp³-hybridized carbons (Fsp3) is 0.571. The minimum Gasteiger partial charge on any atom is -0.378 e. The fourth-order valence-corrected chi connectivity index (χ4v) is 1.84. The zero-order chi connectivity index (χ0) is 19.9. The molecular weight excluding hydrogens is 364 g/mol. The van der Waals surface area contributed by atoms with Crippen LogP contribution in [0.2, 0.25) is 0 Å². The van der Waals surface area contributed by atoms with Crippen LogP contribution in [0.4, 0.5) is 17.1 Å². The lowest BCUT2D eigenvalue weighted by Crippen LogP contribution is -2.27. The van der Waals surface area contributed by atoms with Crippen molar-refractivity contribution in [1.82, 2.24) is 10.9 Å². The molecule has 0 unspecified atom stereocenters. The molecule has 13 nitrogen and oxygen atoms in total. The SMILES string of the molecule is NNCCOCCOCCOCCNNc1ccc([N+](=O)[O-])cc1[N+](=O)[O-]. The summed E-state index contributed by atoms with van der Waals surface area (Å²) >= 11 is 0. The van der Waals surface area contributed by atoms with Crippen LogP contribution in [-0.4, -0.2) is 62.6 Å². The van der Waals surface area contributed by atoms with Crippen LogP contribution in [0.25, 0.3) is 0 Å². The Kier molecular flexibility index (Phi) is 11.5. The maximum absolute atomic E-state index is 11.0. The van der Waals surface area contributed by atoms with Crippen LogP contribution < -0.4 is 22.1 Å². The molecule has 0 saturated heterocycles. The van der Waals surface area contributed by atoms with Gasteiger partial charge in [-0.2, -0.15) is 0 Å². The van der Waals surface area contributed by atoms with E-state index in [0.717, 1.165) is 6.07 Å². The maximum Gasteiger partial charge on any atom is 0.300 e. The largest absolute Gasteiger partial charge is 0.378 e. The molecule has 1 aromatic rings. The molecule has 0 bridgehead atoms. The third-order valence-corrected chi connectivity index (χ3v) is 3.12. The third kappa shape index (κ3) is 9.74. The van der Waals surface area contributed by atoms with Crippen LogP contribution in [0, 0.1) is 20.2 Å². The van der Waals surface area contributed by atoms with E-state index in [-0.39, 0.29) is 11.4 Å². The number of nitro groups is 2. The van der Waals surface area contributed by atoms with E-state index in [9.17, 15) is 20.2 Å². The summed E-state index contributed by atoms with van der Waals surface area (Å²) in [6.07, 6.45) is 0. The van der Waals surface area contributed by atoms with Crippen molar-refractivity contribution < 1.29 is 24.1 Å².